The summed E-state index contributed by atoms with van der Waals surface area (Å²) in [5, 5.41) is 0.769. The highest BCUT2D eigenvalue weighted by Gasteiger charge is 2.21. The minimum Gasteiger partial charge on any atom is -0.451 e. The maximum Gasteiger partial charge on any atom is 0.351 e. The van der Waals surface area contributed by atoms with Crippen molar-refractivity contribution in [2.75, 3.05) is 32.6 Å². The molecule has 0 unspecified atom stereocenters. The van der Waals surface area contributed by atoms with E-state index in [1.807, 2.05) is 80.5 Å². The largest absolute Gasteiger partial charge is 0.451 e. The molecule has 2 aromatic carbocycles. The molecule has 0 aliphatic carbocycles. The number of anilines is 1. The van der Waals surface area contributed by atoms with Crippen molar-refractivity contribution in [1.29, 1.82) is 0 Å². The van der Waals surface area contributed by atoms with Crippen LogP contribution in [0.4, 0.5) is 5.69 Å². The van der Waals surface area contributed by atoms with Gasteiger partial charge in [-0.1, -0.05) is 42.5 Å². The molecule has 0 bridgehead atoms. The van der Waals surface area contributed by atoms with Crippen LogP contribution in [0.25, 0.3) is 11.3 Å². The standard InChI is InChI=1S/C23H25N3O3S/c1-16-24-21(18-8-6-5-7-9-18)22(30-16)23(28)29-15-20(27)26(4)14-17-10-12-19(13-11-17)25(2)3/h5-13H,14-15H2,1-4H3. The van der Waals surface area contributed by atoms with Crippen molar-refractivity contribution >= 4 is 28.9 Å². The van der Waals surface area contributed by atoms with Gasteiger partial charge in [-0.15, -0.1) is 11.3 Å². The zero-order chi connectivity index (χ0) is 21.7. The van der Waals surface area contributed by atoms with Gasteiger partial charge in [-0.25, -0.2) is 9.78 Å². The maximum absolute atomic E-state index is 12.6. The van der Waals surface area contributed by atoms with Crippen molar-refractivity contribution in [2.45, 2.75) is 13.5 Å². The summed E-state index contributed by atoms with van der Waals surface area (Å²) in [6.45, 7) is 1.98. The molecule has 0 radical (unpaired) electrons. The first-order chi connectivity index (χ1) is 14.3. The summed E-state index contributed by atoms with van der Waals surface area (Å²) in [6.07, 6.45) is 0. The number of likely N-dealkylation sites (N-methyl/N-ethyl adjacent to an activating group) is 1. The van der Waals surface area contributed by atoms with E-state index in [0.29, 0.717) is 17.1 Å². The third-order valence-electron chi connectivity index (χ3n) is 4.59. The van der Waals surface area contributed by atoms with Gasteiger partial charge in [0.15, 0.2) is 6.61 Å². The summed E-state index contributed by atoms with van der Waals surface area (Å²) in [7, 11) is 5.65. The van der Waals surface area contributed by atoms with Gasteiger partial charge in [0.2, 0.25) is 0 Å². The Hall–Kier alpha value is -3.19. The number of benzene rings is 2. The number of aryl methyl sites for hydroxylation is 1. The molecule has 0 aliphatic rings. The predicted molar refractivity (Wildman–Crippen MR) is 120 cm³/mol. The van der Waals surface area contributed by atoms with Gasteiger partial charge in [0.1, 0.15) is 4.88 Å². The highest BCUT2D eigenvalue weighted by Crippen LogP contribution is 2.28. The predicted octanol–water partition coefficient (Wildman–Crippen LogP) is 4.00. The smallest absolute Gasteiger partial charge is 0.351 e. The molecule has 0 aliphatic heterocycles. The van der Waals surface area contributed by atoms with Gasteiger partial charge in [0.05, 0.1) is 10.7 Å². The van der Waals surface area contributed by atoms with Crippen molar-refractivity contribution in [1.82, 2.24) is 9.88 Å². The molecule has 1 amide bonds. The quantitative estimate of drug-likeness (QED) is 0.538. The average Bonchev–Trinajstić information content (AvgIpc) is 3.14. The highest BCUT2D eigenvalue weighted by atomic mass is 32.1. The van der Waals surface area contributed by atoms with Gasteiger partial charge in [-0.3, -0.25) is 4.79 Å². The lowest BCUT2D eigenvalue weighted by molar-refractivity contribution is -0.133. The Kier molecular flexibility index (Phi) is 6.84. The van der Waals surface area contributed by atoms with E-state index in [9.17, 15) is 9.59 Å². The van der Waals surface area contributed by atoms with Gasteiger partial charge in [-0.05, 0) is 24.6 Å². The number of esters is 1. The lowest BCUT2D eigenvalue weighted by Crippen LogP contribution is -2.30. The van der Waals surface area contributed by atoms with Crippen molar-refractivity contribution in [3.63, 3.8) is 0 Å². The van der Waals surface area contributed by atoms with Gasteiger partial charge in [0, 0.05) is 38.9 Å². The first-order valence-electron chi connectivity index (χ1n) is 9.55. The number of hydrogen-bond donors (Lipinski definition) is 0. The second-order valence-electron chi connectivity index (χ2n) is 7.16. The minimum atomic E-state index is -0.531. The van der Waals surface area contributed by atoms with Crippen LogP contribution in [-0.4, -0.2) is 49.5 Å². The van der Waals surface area contributed by atoms with E-state index in [2.05, 4.69) is 4.98 Å². The Morgan fingerprint density at radius 1 is 1.00 bits per heavy atom. The number of ether oxygens (including phenoxy) is 1. The number of carbonyl (C=O) groups excluding carboxylic acids is 2. The molecule has 0 saturated heterocycles. The minimum absolute atomic E-state index is 0.262. The van der Waals surface area contributed by atoms with Crippen molar-refractivity contribution < 1.29 is 14.3 Å². The molecule has 0 spiro atoms. The monoisotopic (exact) mass is 423 g/mol. The van der Waals surface area contributed by atoms with Crippen LogP contribution in [0.2, 0.25) is 0 Å². The molecule has 7 heteroatoms. The zero-order valence-corrected chi connectivity index (χ0v) is 18.4. The van der Waals surface area contributed by atoms with Crippen molar-refractivity contribution in [3.05, 3.63) is 70.0 Å². The van der Waals surface area contributed by atoms with Gasteiger partial charge in [-0.2, -0.15) is 0 Å². The third kappa shape index (κ3) is 5.24. The van der Waals surface area contributed by atoms with Gasteiger partial charge < -0.3 is 14.5 Å². The van der Waals surface area contributed by atoms with Crippen LogP contribution < -0.4 is 4.90 Å². The van der Waals surface area contributed by atoms with Crippen molar-refractivity contribution in [3.8, 4) is 11.3 Å². The molecule has 0 saturated carbocycles. The Morgan fingerprint density at radius 2 is 1.67 bits per heavy atom. The van der Waals surface area contributed by atoms with E-state index in [0.717, 1.165) is 21.8 Å². The van der Waals surface area contributed by atoms with Crippen LogP contribution in [0, 0.1) is 6.92 Å². The van der Waals surface area contributed by atoms with Crippen LogP contribution in [0.3, 0.4) is 0 Å². The van der Waals surface area contributed by atoms with E-state index in [-0.39, 0.29) is 12.5 Å². The maximum atomic E-state index is 12.6. The summed E-state index contributed by atoms with van der Waals surface area (Å²) in [5.74, 6) is -0.793. The van der Waals surface area contributed by atoms with E-state index >= 15 is 0 Å². The molecule has 156 valence electrons. The molecule has 30 heavy (non-hydrogen) atoms. The van der Waals surface area contributed by atoms with Crippen molar-refractivity contribution in [2.24, 2.45) is 0 Å². The summed E-state index contributed by atoms with van der Waals surface area (Å²) >= 11 is 1.27. The SMILES string of the molecule is Cc1nc(-c2ccccc2)c(C(=O)OCC(=O)N(C)Cc2ccc(N(C)C)cc2)s1. The fourth-order valence-electron chi connectivity index (χ4n) is 2.92. The number of nitrogens with zero attached hydrogens (tertiary/aromatic N) is 3. The second kappa shape index (κ2) is 9.54. The Morgan fingerprint density at radius 3 is 2.30 bits per heavy atom. The fourth-order valence-corrected chi connectivity index (χ4v) is 3.76. The summed E-state index contributed by atoms with van der Waals surface area (Å²) < 4.78 is 5.31. The van der Waals surface area contributed by atoms with E-state index in [4.69, 9.17) is 4.74 Å². The van der Waals surface area contributed by atoms with Gasteiger partial charge >= 0.3 is 5.97 Å². The molecule has 3 aromatic rings. The van der Waals surface area contributed by atoms with Crippen LogP contribution >= 0.6 is 11.3 Å². The summed E-state index contributed by atoms with van der Waals surface area (Å²) in [4.78, 5) is 33.5. The number of amides is 1. The zero-order valence-electron chi connectivity index (χ0n) is 17.6. The van der Waals surface area contributed by atoms with Crippen LogP contribution in [-0.2, 0) is 16.1 Å². The number of rotatable bonds is 7. The fraction of sp³-hybridized carbons (Fsp3) is 0.261. The summed E-state index contributed by atoms with van der Waals surface area (Å²) in [5.41, 5.74) is 3.53. The van der Waals surface area contributed by atoms with Crippen LogP contribution in [0.5, 0.6) is 0 Å². The van der Waals surface area contributed by atoms with Crippen LogP contribution in [0.1, 0.15) is 20.2 Å². The Balaban J connectivity index is 1.60. The lowest BCUT2D eigenvalue weighted by atomic mass is 10.1. The molecule has 1 aromatic heterocycles. The van der Waals surface area contributed by atoms with E-state index in [1.54, 1.807) is 11.9 Å². The lowest BCUT2D eigenvalue weighted by Gasteiger charge is -2.18. The summed E-state index contributed by atoms with van der Waals surface area (Å²) in [6, 6.07) is 17.5. The van der Waals surface area contributed by atoms with E-state index in [1.165, 1.54) is 11.3 Å². The molecular formula is C23H25N3O3S. The third-order valence-corrected chi connectivity index (χ3v) is 5.54. The normalized spacial score (nSPS) is 10.5. The molecule has 0 N–H and O–H groups in total. The molecule has 1 heterocycles. The Labute approximate surface area is 180 Å². The number of thiazole rings is 1. The first-order valence-corrected chi connectivity index (χ1v) is 10.4. The van der Waals surface area contributed by atoms with Gasteiger partial charge in [0.25, 0.3) is 5.91 Å². The Bertz CT molecular complexity index is 1010. The number of aromatic nitrogens is 1. The highest BCUT2D eigenvalue weighted by molar-refractivity contribution is 7.14. The molecule has 0 atom stereocenters. The van der Waals surface area contributed by atoms with Crippen LogP contribution in [0.15, 0.2) is 54.6 Å². The molecule has 0 fully saturated rings. The topological polar surface area (TPSA) is 62.7 Å². The first kappa shape index (κ1) is 21.5. The molecule has 6 nitrogen and oxygen atoms in total. The molecular weight excluding hydrogens is 398 g/mol. The average molecular weight is 424 g/mol. The number of carbonyl (C=O) groups is 2. The second-order valence-corrected chi connectivity index (χ2v) is 8.37. The van der Waals surface area contributed by atoms with E-state index < -0.39 is 5.97 Å². The molecule has 3 rings (SSSR count). The number of hydrogen-bond acceptors (Lipinski definition) is 6.